The van der Waals surface area contributed by atoms with Gasteiger partial charge in [-0.2, -0.15) is 65.9 Å². The Bertz CT molecular complexity index is 687. The molecule has 0 heterocycles. The lowest BCUT2D eigenvalue weighted by atomic mass is 9.91. The standard InChI is InChI=1S/C11H3F15INO/c12-5(13,3-28-4(29)1-2-27)6(14,15)7(16,17)8(18,19)9(20,21)10(22,23)11(24,25)26/h3H2,(H,28,29). The quantitative estimate of drug-likeness (QED) is 0.262. The minimum absolute atomic E-state index is 0.706. The van der Waals surface area contributed by atoms with Gasteiger partial charge in [0.2, 0.25) is 0 Å². The molecule has 0 rings (SSSR count). The van der Waals surface area contributed by atoms with Gasteiger partial charge in [-0.1, -0.05) is 0 Å². The predicted octanol–water partition coefficient (Wildman–Crippen LogP) is 4.87. The third-order valence-corrected chi connectivity index (χ3v) is 3.29. The molecule has 0 radical (unpaired) electrons. The first-order valence-electron chi connectivity index (χ1n) is 6.18. The highest BCUT2D eigenvalue weighted by Gasteiger charge is 2.93. The van der Waals surface area contributed by atoms with Crippen LogP contribution in [0.5, 0.6) is 0 Å². The fourth-order valence-electron chi connectivity index (χ4n) is 1.39. The fourth-order valence-corrected chi connectivity index (χ4v) is 1.63. The van der Waals surface area contributed by atoms with Crippen molar-refractivity contribution in [2.75, 3.05) is 6.54 Å². The predicted molar refractivity (Wildman–Crippen MR) is 70.5 cm³/mol. The first kappa shape index (κ1) is 27.7. The van der Waals surface area contributed by atoms with Crippen molar-refractivity contribution in [2.24, 2.45) is 0 Å². The topological polar surface area (TPSA) is 29.1 Å². The van der Waals surface area contributed by atoms with Gasteiger partial charge in [-0.15, -0.1) is 0 Å². The third kappa shape index (κ3) is 4.28. The maximum atomic E-state index is 13.3. The third-order valence-electron chi connectivity index (χ3n) is 3.02. The van der Waals surface area contributed by atoms with Crippen LogP contribution in [0.15, 0.2) is 0 Å². The van der Waals surface area contributed by atoms with Gasteiger partial charge in [0.15, 0.2) is 0 Å². The number of amides is 1. The van der Waals surface area contributed by atoms with E-state index in [0.717, 1.165) is 22.6 Å². The van der Waals surface area contributed by atoms with Crippen LogP contribution in [0, 0.1) is 9.85 Å². The van der Waals surface area contributed by atoms with Crippen molar-refractivity contribution in [1.82, 2.24) is 5.32 Å². The van der Waals surface area contributed by atoms with Gasteiger partial charge in [-0.3, -0.25) is 4.79 Å². The van der Waals surface area contributed by atoms with Crippen molar-refractivity contribution in [3.05, 3.63) is 0 Å². The second kappa shape index (κ2) is 7.76. The Morgan fingerprint density at radius 2 is 1.00 bits per heavy atom. The van der Waals surface area contributed by atoms with Crippen LogP contribution in [-0.2, 0) is 4.79 Å². The summed E-state index contributed by atoms with van der Waals surface area (Å²) in [4.78, 5) is 10.7. The number of nitrogens with one attached hydrogen (secondary N) is 1. The smallest absolute Gasteiger partial charge is 0.339 e. The highest BCUT2D eigenvalue weighted by molar-refractivity contribution is 14.1. The minimum atomic E-state index is -8.35. The number of hydrogen-bond donors (Lipinski definition) is 1. The number of halogens is 16. The fraction of sp³-hybridized carbons (Fsp3) is 0.727. The van der Waals surface area contributed by atoms with E-state index >= 15 is 0 Å². The van der Waals surface area contributed by atoms with Crippen molar-refractivity contribution in [3.8, 4) is 9.85 Å². The Morgan fingerprint density at radius 1 is 0.655 bits per heavy atom. The Hall–Kier alpha value is -1.29. The molecule has 1 N–H and O–H groups in total. The molecule has 170 valence electrons. The van der Waals surface area contributed by atoms with E-state index in [-0.39, 0.29) is 0 Å². The normalized spacial score (nSPS) is 14.9. The highest BCUT2D eigenvalue weighted by atomic mass is 127. The molecule has 0 spiro atoms. The summed E-state index contributed by atoms with van der Waals surface area (Å²) in [5.74, 6) is -47.6. The van der Waals surface area contributed by atoms with Crippen LogP contribution >= 0.6 is 22.6 Å². The van der Waals surface area contributed by atoms with Crippen LogP contribution < -0.4 is 5.32 Å². The summed E-state index contributed by atoms with van der Waals surface area (Å²) in [5, 5.41) is 0.706. The van der Waals surface area contributed by atoms with E-state index in [9.17, 15) is 70.7 Å². The molecule has 0 aromatic rings. The van der Waals surface area contributed by atoms with Crippen LogP contribution in [0.2, 0.25) is 0 Å². The van der Waals surface area contributed by atoms with Gasteiger partial charge in [0.05, 0.1) is 6.54 Å². The molecule has 0 unspecified atom stereocenters. The molecule has 0 saturated heterocycles. The van der Waals surface area contributed by atoms with E-state index in [1.54, 1.807) is 3.93 Å². The SMILES string of the molecule is O=C(C#CI)NCC(F)(F)C(F)(F)C(F)(F)C(F)(F)C(F)(F)C(F)(F)C(F)(F)F. The molecule has 0 saturated carbocycles. The van der Waals surface area contributed by atoms with Crippen LogP contribution in [-0.4, -0.2) is 54.2 Å². The summed E-state index contributed by atoms with van der Waals surface area (Å²) in [6.07, 6.45) is -7.65. The number of carbonyl (C=O) groups excluding carboxylic acids is 1. The average molecular weight is 577 g/mol. The van der Waals surface area contributed by atoms with Crippen LogP contribution in [0.1, 0.15) is 0 Å². The zero-order valence-corrected chi connectivity index (χ0v) is 14.8. The lowest BCUT2D eigenvalue weighted by Gasteiger charge is -2.41. The first-order chi connectivity index (χ1) is 12.5. The number of alkyl halides is 15. The molecule has 0 aliphatic heterocycles. The average Bonchev–Trinajstić information content (AvgIpc) is 2.51. The van der Waals surface area contributed by atoms with Crippen molar-refractivity contribution in [1.29, 1.82) is 0 Å². The highest BCUT2D eigenvalue weighted by Crippen LogP contribution is 2.62. The maximum Gasteiger partial charge on any atom is 0.460 e. The molecular weight excluding hydrogens is 574 g/mol. The van der Waals surface area contributed by atoms with Gasteiger partial charge in [0, 0.05) is 28.5 Å². The van der Waals surface area contributed by atoms with Crippen LogP contribution in [0.4, 0.5) is 65.9 Å². The molecule has 0 bridgehead atoms. The number of hydrogen-bond acceptors (Lipinski definition) is 1. The lowest BCUT2D eigenvalue weighted by Crippen LogP contribution is -2.73. The van der Waals surface area contributed by atoms with Gasteiger partial charge < -0.3 is 5.32 Å². The molecule has 0 aromatic heterocycles. The van der Waals surface area contributed by atoms with Crippen LogP contribution in [0.25, 0.3) is 0 Å². The first-order valence-corrected chi connectivity index (χ1v) is 7.26. The summed E-state index contributed by atoms with van der Waals surface area (Å²) in [7, 11) is 0. The van der Waals surface area contributed by atoms with Gasteiger partial charge in [0.25, 0.3) is 5.91 Å². The van der Waals surface area contributed by atoms with Crippen molar-refractivity contribution >= 4 is 28.5 Å². The molecule has 29 heavy (non-hydrogen) atoms. The molecule has 18 heteroatoms. The Balaban J connectivity index is 6.27. The van der Waals surface area contributed by atoms with E-state index in [0.29, 0.717) is 5.32 Å². The molecular formula is C11H3F15INO. The zero-order valence-electron chi connectivity index (χ0n) is 12.7. The summed E-state index contributed by atoms with van der Waals surface area (Å²) >= 11 is 1.10. The molecule has 1 amide bonds. The zero-order chi connectivity index (χ0) is 23.9. The lowest BCUT2D eigenvalue weighted by molar-refractivity contribution is -0.451. The summed E-state index contributed by atoms with van der Waals surface area (Å²) < 4.78 is 194. The summed E-state index contributed by atoms with van der Waals surface area (Å²) in [6, 6.07) is 0. The monoisotopic (exact) mass is 577 g/mol. The summed E-state index contributed by atoms with van der Waals surface area (Å²) in [5.41, 5.74) is 0. The largest absolute Gasteiger partial charge is 0.460 e. The molecule has 0 aliphatic rings. The van der Waals surface area contributed by atoms with E-state index in [1.807, 2.05) is 0 Å². The Labute approximate surface area is 163 Å². The Kier molecular flexibility index (Phi) is 7.41. The molecule has 0 aliphatic carbocycles. The van der Waals surface area contributed by atoms with E-state index in [4.69, 9.17) is 0 Å². The van der Waals surface area contributed by atoms with Crippen molar-refractivity contribution in [3.63, 3.8) is 0 Å². The van der Waals surface area contributed by atoms with Crippen molar-refractivity contribution in [2.45, 2.75) is 41.7 Å². The maximum absolute atomic E-state index is 13.3. The van der Waals surface area contributed by atoms with E-state index in [1.165, 1.54) is 5.92 Å². The Morgan fingerprint density at radius 3 is 1.34 bits per heavy atom. The number of rotatable bonds is 7. The van der Waals surface area contributed by atoms with Gasteiger partial charge in [0.1, 0.15) is 0 Å². The number of carbonyl (C=O) groups is 1. The van der Waals surface area contributed by atoms with Gasteiger partial charge in [-0.05, 0) is 3.93 Å². The second-order valence-corrected chi connectivity index (χ2v) is 5.52. The molecule has 0 fully saturated rings. The van der Waals surface area contributed by atoms with E-state index in [2.05, 4.69) is 0 Å². The van der Waals surface area contributed by atoms with Gasteiger partial charge >= 0.3 is 41.7 Å². The van der Waals surface area contributed by atoms with E-state index < -0.39 is 54.2 Å². The molecule has 0 atom stereocenters. The second-order valence-electron chi connectivity index (χ2n) is 4.98. The van der Waals surface area contributed by atoms with Crippen molar-refractivity contribution < 1.29 is 70.7 Å². The van der Waals surface area contributed by atoms with Gasteiger partial charge in [-0.25, -0.2) is 0 Å². The van der Waals surface area contributed by atoms with Crippen LogP contribution in [0.3, 0.4) is 0 Å². The minimum Gasteiger partial charge on any atom is -0.339 e. The molecule has 2 nitrogen and oxygen atoms in total. The molecule has 0 aromatic carbocycles. The summed E-state index contributed by atoms with van der Waals surface area (Å²) in [6.45, 7) is -2.95.